The summed E-state index contributed by atoms with van der Waals surface area (Å²) in [4.78, 5) is 74.6. The van der Waals surface area contributed by atoms with E-state index in [4.69, 9.17) is 47.4 Å². The van der Waals surface area contributed by atoms with E-state index in [1.807, 2.05) is 0 Å². The quantitative estimate of drug-likeness (QED) is 0.258. The molecule has 0 radical (unpaired) electrons. The number of ether oxygens (including phenoxy) is 10. The number of ketones is 1. The Bertz CT molecular complexity index is 1340. The fourth-order valence-electron chi connectivity index (χ4n) is 5.75. The van der Waals surface area contributed by atoms with Crippen LogP contribution in [0.15, 0.2) is 24.3 Å². The minimum atomic E-state index is -1.68. The standard InChI is InChI=1S/C31H38O17/c1-14(32)41-13-22-25(43-15(2)33)26(44-16(3)34)27(45-17(4)35)31(46-22)48-30-23-20(10-11-40-30)24(29(38)42-12-21(23)36)47-28(37)18-6-8-19(39-5)9-7-18/h6-9,20,22-27,29-31,38H,10-13H2,1-5H3/t20-,22-,23+,24+,25-,26+,27-,29-,30-,31+/m1/s1. The molecule has 3 saturated heterocycles. The van der Waals surface area contributed by atoms with Crippen LogP contribution in [0.4, 0.5) is 0 Å². The maximum atomic E-state index is 13.4. The summed E-state index contributed by atoms with van der Waals surface area (Å²) in [6, 6.07) is 6.03. The largest absolute Gasteiger partial charge is 0.497 e. The van der Waals surface area contributed by atoms with E-state index in [1.54, 1.807) is 12.1 Å². The first kappa shape index (κ1) is 36.7. The van der Waals surface area contributed by atoms with Gasteiger partial charge in [0.25, 0.3) is 0 Å². The van der Waals surface area contributed by atoms with Crippen molar-refractivity contribution in [2.45, 2.75) is 83.5 Å². The van der Waals surface area contributed by atoms with Gasteiger partial charge in [0.05, 0.1) is 25.2 Å². The van der Waals surface area contributed by atoms with E-state index in [-0.39, 0.29) is 18.6 Å². The molecule has 17 heteroatoms. The first-order chi connectivity index (χ1) is 22.8. The number of benzene rings is 1. The third-order valence-electron chi connectivity index (χ3n) is 7.74. The van der Waals surface area contributed by atoms with E-state index < -0.39 is 110 Å². The van der Waals surface area contributed by atoms with Crippen molar-refractivity contribution in [3.05, 3.63) is 29.8 Å². The minimum absolute atomic E-state index is 0.0479. The maximum Gasteiger partial charge on any atom is 0.338 e. The van der Waals surface area contributed by atoms with E-state index in [2.05, 4.69) is 0 Å². The minimum Gasteiger partial charge on any atom is -0.497 e. The number of methoxy groups -OCH3 is 1. The highest BCUT2D eigenvalue weighted by Gasteiger charge is 2.56. The Balaban J connectivity index is 1.65. The first-order valence-electron chi connectivity index (χ1n) is 15.0. The van der Waals surface area contributed by atoms with Crippen molar-refractivity contribution in [1.29, 1.82) is 0 Å². The molecule has 0 bridgehead atoms. The molecule has 4 rings (SSSR count). The van der Waals surface area contributed by atoms with E-state index in [0.717, 1.165) is 27.7 Å². The lowest BCUT2D eigenvalue weighted by molar-refractivity contribution is -0.352. The second-order valence-corrected chi connectivity index (χ2v) is 11.2. The van der Waals surface area contributed by atoms with Crippen LogP contribution >= 0.6 is 0 Å². The number of hydrogen-bond acceptors (Lipinski definition) is 17. The molecule has 0 aliphatic carbocycles. The third kappa shape index (κ3) is 9.04. The van der Waals surface area contributed by atoms with Crippen molar-refractivity contribution in [1.82, 2.24) is 0 Å². The highest BCUT2D eigenvalue weighted by molar-refractivity contribution is 5.90. The monoisotopic (exact) mass is 682 g/mol. The van der Waals surface area contributed by atoms with E-state index in [9.17, 15) is 33.9 Å². The number of carbonyl (C=O) groups excluding carboxylic acids is 6. The molecule has 1 aromatic rings. The van der Waals surface area contributed by atoms with Crippen LogP contribution in [0, 0.1) is 11.8 Å². The van der Waals surface area contributed by atoms with Gasteiger partial charge in [0, 0.05) is 33.6 Å². The van der Waals surface area contributed by atoms with Gasteiger partial charge in [-0.15, -0.1) is 0 Å². The molecule has 264 valence electrons. The van der Waals surface area contributed by atoms with Gasteiger partial charge < -0.3 is 52.5 Å². The smallest absolute Gasteiger partial charge is 0.338 e. The van der Waals surface area contributed by atoms with Crippen LogP contribution < -0.4 is 4.74 Å². The van der Waals surface area contributed by atoms with Crippen LogP contribution in [0.3, 0.4) is 0 Å². The number of Topliss-reactive ketones (excluding diaryl/α,β-unsaturated/α-hetero) is 1. The third-order valence-corrected chi connectivity index (χ3v) is 7.74. The lowest BCUT2D eigenvalue weighted by Crippen LogP contribution is -2.64. The van der Waals surface area contributed by atoms with Gasteiger partial charge in [0.15, 0.2) is 42.8 Å². The molecule has 3 heterocycles. The van der Waals surface area contributed by atoms with E-state index >= 15 is 0 Å². The van der Waals surface area contributed by atoms with Crippen molar-refractivity contribution < 1.29 is 81.2 Å². The van der Waals surface area contributed by atoms with Gasteiger partial charge in [-0.1, -0.05) is 0 Å². The molecule has 1 aromatic carbocycles. The Labute approximate surface area is 274 Å². The summed E-state index contributed by atoms with van der Waals surface area (Å²) in [7, 11) is 1.47. The number of hydrogen-bond donors (Lipinski definition) is 1. The van der Waals surface area contributed by atoms with Crippen molar-refractivity contribution in [2.24, 2.45) is 11.8 Å². The SMILES string of the molecule is COc1ccc(C(=O)O[C@H]2[C@@H]3CCO[C@H](O[C@@H]4O[C@H](COC(C)=O)[C@@H](OC(C)=O)[C@H](OC(C)=O)[C@H]4OC(C)=O)[C@@H]3C(=O)CO[C@H]2O)cc1. The molecule has 0 unspecified atom stereocenters. The first-order valence-corrected chi connectivity index (χ1v) is 15.0. The average Bonchev–Trinajstić information content (AvgIpc) is 3.14. The zero-order valence-electron chi connectivity index (χ0n) is 26.9. The number of aliphatic hydroxyl groups is 1. The van der Waals surface area contributed by atoms with Crippen molar-refractivity contribution in [3.63, 3.8) is 0 Å². The van der Waals surface area contributed by atoms with Gasteiger partial charge in [-0.25, -0.2) is 4.79 Å². The number of fused-ring (bicyclic) bond motifs is 1. The molecule has 0 saturated carbocycles. The van der Waals surface area contributed by atoms with Crippen LogP contribution in [-0.2, 0) is 66.6 Å². The summed E-state index contributed by atoms with van der Waals surface area (Å²) in [5, 5.41) is 10.8. The number of esters is 5. The summed E-state index contributed by atoms with van der Waals surface area (Å²) in [5.41, 5.74) is 0.146. The molecular weight excluding hydrogens is 644 g/mol. The van der Waals surface area contributed by atoms with Crippen LogP contribution in [0.25, 0.3) is 0 Å². The van der Waals surface area contributed by atoms with Crippen LogP contribution in [0.5, 0.6) is 5.75 Å². The van der Waals surface area contributed by atoms with Crippen LogP contribution in [0.1, 0.15) is 44.5 Å². The molecule has 0 aromatic heterocycles. The van der Waals surface area contributed by atoms with Crippen molar-refractivity contribution in [2.75, 3.05) is 26.9 Å². The normalized spacial score (nSPS) is 31.7. The molecule has 1 N–H and O–H groups in total. The van der Waals surface area contributed by atoms with Crippen molar-refractivity contribution >= 4 is 35.6 Å². The predicted octanol–water partition coefficient (Wildman–Crippen LogP) is 0.217. The second-order valence-electron chi connectivity index (χ2n) is 11.2. The molecule has 3 fully saturated rings. The van der Waals surface area contributed by atoms with E-state index in [0.29, 0.717) is 5.75 Å². The highest BCUT2D eigenvalue weighted by atomic mass is 16.8. The summed E-state index contributed by atoms with van der Waals surface area (Å²) in [5.74, 6) is -6.20. The Hall–Kier alpha value is -4.16. The topological polar surface area (TPSA) is 215 Å². The van der Waals surface area contributed by atoms with Gasteiger partial charge in [-0.3, -0.25) is 24.0 Å². The fourth-order valence-corrected chi connectivity index (χ4v) is 5.75. The van der Waals surface area contributed by atoms with Gasteiger partial charge in [-0.2, -0.15) is 0 Å². The summed E-state index contributed by atoms with van der Waals surface area (Å²) in [6.07, 6.45) is -11.9. The Morgan fingerprint density at radius 3 is 2.02 bits per heavy atom. The second kappa shape index (κ2) is 16.3. The molecule has 10 atom stereocenters. The molecule has 17 nitrogen and oxygen atoms in total. The molecule has 3 aliphatic heterocycles. The van der Waals surface area contributed by atoms with Gasteiger partial charge >= 0.3 is 29.8 Å². The zero-order chi connectivity index (χ0) is 35.1. The number of rotatable bonds is 10. The fraction of sp³-hybridized carbons (Fsp3) is 0.613. The lowest BCUT2D eigenvalue weighted by Gasteiger charge is -2.46. The predicted molar refractivity (Wildman–Crippen MR) is 154 cm³/mol. The van der Waals surface area contributed by atoms with E-state index in [1.165, 1.54) is 19.2 Å². The molecular formula is C31H38O17. The van der Waals surface area contributed by atoms with Gasteiger partial charge in [0.2, 0.25) is 6.29 Å². The molecule has 0 amide bonds. The zero-order valence-corrected chi connectivity index (χ0v) is 26.9. The summed E-state index contributed by atoms with van der Waals surface area (Å²) in [6.45, 7) is 3.20. The highest BCUT2D eigenvalue weighted by Crippen LogP contribution is 2.39. The maximum absolute atomic E-state index is 13.4. The number of aliphatic hydroxyl groups excluding tert-OH is 1. The lowest BCUT2D eigenvalue weighted by atomic mass is 9.80. The van der Waals surface area contributed by atoms with Gasteiger partial charge in [0.1, 0.15) is 25.1 Å². The van der Waals surface area contributed by atoms with Crippen LogP contribution in [0.2, 0.25) is 0 Å². The van der Waals surface area contributed by atoms with Gasteiger partial charge in [-0.05, 0) is 30.7 Å². The summed E-state index contributed by atoms with van der Waals surface area (Å²) < 4.78 is 55.4. The van der Waals surface area contributed by atoms with Crippen molar-refractivity contribution in [3.8, 4) is 5.75 Å². The molecule has 0 spiro atoms. The summed E-state index contributed by atoms with van der Waals surface area (Å²) >= 11 is 0. The Morgan fingerprint density at radius 1 is 0.792 bits per heavy atom. The molecule has 48 heavy (non-hydrogen) atoms. The Kier molecular flexibility index (Phi) is 12.4. The average molecular weight is 683 g/mol. The molecule has 3 aliphatic rings. The number of carbonyl (C=O) groups is 6. The van der Waals surface area contributed by atoms with Crippen LogP contribution in [-0.4, -0.2) is 117 Å². The Morgan fingerprint density at radius 2 is 1.42 bits per heavy atom.